The van der Waals surface area contributed by atoms with E-state index in [0.29, 0.717) is 19.3 Å². The maximum Gasteiger partial charge on any atom is 0.306 e. The number of allylic oxidation sites excluding steroid dienone is 8. The van der Waals surface area contributed by atoms with Gasteiger partial charge in [-0.25, -0.2) is 0 Å². The van der Waals surface area contributed by atoms with Gasteiger partial charge in [-0.1, -0.05) is 249 Å². The van der Waals surface area contributed by atoms with Gasteiger partial charge >= 0.3 is 17.9 Å². The molecule has 0 aliphatic carbocycles. The van der Waals surface area contributed by atoms with Crippen LogP contribution < -0.4 is 0 Å². The molecule has 0 radical (unpaired) electrons. The summed E-state index contributed by atoms with van der Waals surface area (Å²) in [5, 5.41) is 0. The molecule has 0 bridgehead atoms. The van der Waals surface area contributed by atoms with E-state index in [1.165, 1.54) is 186 Å². The van der Waals surface area contributed by atoms with Gasteiger partial charge in [0.15, 0.2) is 6.10 Å². The molecule has 0 aromatic heterocycles. The number of unbranched alkanes of at least 4 members (excludes halogenated alkanes) is 34. The van der Waals surface area contributed by atoms with E-state index in [2.05, 4.69) is 69.4 Å². The molecule has 0 rings (SSSR count). The lowest BCUT2D eigenvalue weighted by Gasteiger charge is -2.18. The van der Waals surface area contributed by atoms with Crippen molar-refractivity contribution in [1.82, 2.24) is 0 Å². The van der Waals surface area contributed by atoms with Crippen LogP contribution in [0.3, 0.4) is 0 Å². The van der Waals surface area contributed by atoms with Crippen molar-refractivity contribution in [3.8, 4) is 0 Å². The van der Waals surface area contributed by atoms with Gasteiger partial charge in [0.2, 0.25) is 0 Å². The molecule has 0 unspecified atom stereocenters. The Morgan fingerprint density at radius 1 is 0.299 bits per heavy atom. The third-order valence-corrected chi connectivity index (χ3v) is 12.8. The fourth-order valence-corrected chi connectivity index (χ4v) is 8.39. The smallest absolute Gasteiger partial charge is 0.306 e. The van der Waals surface area contributed by atoms with Crippen molar-refractivity contribution >= 4 is 17.9 Å². The Morgan fingerprint density at radius 2 is 0.537 bits per heavy atom. The minimum Gasteiger partial charge on any atom is -0.462 e. The Bertz CT molecular complexity index is 1170. The normalized spacial score (nSPS) is 12.3. The summed E-state index contributed by atoms with van der Waals surface area (Å²) < 4.78 is 16.8. The molecule has 390 valence electrons. The molecule has 0 heterocycles. The molecule has 67 heavy (non-hydrogen) atoms. The molecule has 6 heteroatoms. The van der Waals surface area contributed by atoms with E-state index in [0.717, 1.165) is 77.0 Å². The molecule has 0 aromatic rings. The van der Waals surface area contributed by atoms with Crippen LogP contribution in [0.5, 0.6) is 0 Å². The zero-order chi connectivity index (χ0) is 48.6. The highest BCUT2D eigenvalue weighted by atomic mass is 16.6. The van der Waals surface area contributed by atoms with Crippen molar-refractivity contribution in [3.05, 3.63) is 48.6 Å². The van der Waals surface area contributed by atoms with Crippen LogP contribution in [0.4, 0.5) is 0 Å². The number of hydrogen-bond donors (Lipinski definition) is 0. The lowest BCUT2D eigenvalue weighted by atomic mass is 10.0. The highest BCUT2D eigenvalue weighted by Crippen LogP contribution is 2.16. The lowest BCUT2D eigenvalue weighted by molar-refractivity contribution is -0.167. The second kappa shape index (κ2) is 56.0. The van der Waals surface area contributed by atoms with Crippen molar-refractivity contribution in [2.45, 2.75) is 309 Å². The molecular weight excluding hydrogens is 829 g/mol. The van der Waals surface area contributed by atoms with Crippen LogP contribution in [0.2, 0.25) is 0 Å². The van der Waals surface area contributed by atoms with Crippen molar-refractivity contribution < 1.29 is 28.6 Å². The largest absolute Gasteiger partial charge is 0.462 e. The zero-order valence-electron chi connectivity index (χ0n) is 44.7. The molecule has 0 saturated heterocycles. The molecule has 0 N–H and O–H groups in total. The summed E-state index contributed by atoms with van der Waals surface area (Å²) in [5.41, 5.74) is 0. The highest BCUT2D eigenvalue weighted by Gasteiger charge is 2.19. The number of hydrogen-bond acceptors (Lipinski definition) is 6. The summed E-state index contributed by atoms with van der Waals surface area (Å²) in [4.78, 5) is 38.1. The monoisotopic (exact) mass is 939 g/mol. The molecule has 0 saturated carbocycles. The van der Waals surface area contributed by atoms with E-state index in [4.69, 9.17) is 14.2 Å². The summed E-state index contributed by atoms with van der Waals surface area (Å²) in [5.74, 6) is -0.919. The Labute approximate surface area is 416 Å². The zero-order valence-corrected chi connectivity index (χ0v) is 44.7. The first-order valence-corrected chi connectivity index (χ1v) is 29.1. The van der Waals surface area contributed by atoms with Crippen LogP contribution in [0, 0.1) is 0 Å². The van der Waals surface area contributed by atoms with Gasteiger partial charge in [0, 0.05) is 19.3 Å². The fourth-order valence-electron chi connectivity index (χ4n) is 8.39. The topological polar surface area (TPSA) is 78.9 Å². The first-order chi connectivity index (χ1) is 33.0. The van der Waals surface area contributed by atoms with E-state index in [1.54, 1.807) is 0 Å². The van der Waals surface area contributed by atoms with E-state index < -0.39 is 6.10 Å². The summed E-state index contributed by atoms with van der Waals surface area (Å²) in [6, 6.07) is 0. The van der Waals surface area contributed by atoms with Crippen molar-refractivity contribution in [2.24, 2.45) is 0 Å². The first kappa shape index (κ1) is 64.4. The van der Waals surface area contributed by atoms with E-state index in [-0.39, 0.29) is 31.1 Å². The van der Waals surface area contributed by atoms with Gasteiger partial charge in [0.25, 0.3) is 0 Å². The molecule has 0 fully saturated rings. The van der Waals surface area contributed by atoms with Crippen LogP contribution in [-0.4, -0.2) is 37.2 Å². The summed E-state index contributed by atoms with van der Waals surface area (Å²) in [7, 11) is 0. The van der Waals surface area contributed by atoms with E-state index in [1.807, 2.05) is 0 Å². The number of ether oxygens (including phenoxy) is 3. The quantitative estimate of drug-likeness (QED) is 0.0262. The Balaban J connectivity index is 4.39. The van der Waals surface area contributed by atoms with E-state index in [9.17, 15) is 14.4 Å². The van der Waals surface area contributed by atoms with E-state index >= 15 is 0 Å². The van der Waals surface area contributed by atoms with Crippen LogP contribution in [0.1, 0.15) is 303 Å². The first-order valence-electron chi connectivity index (χ1n) is 29.1. The minimum absolute atomic E-state index is 0.0867. The Morgan fingerprint density at radius 3 is 0.910 bits per heavy atom. The third kappa shape index (κ3) is 54.2. The van der Waals surface area contributed by atoms with Crippen molar-refractivity contribution in [3.63, 3.8) is 0 Å². The fraction of sp³-hybridized carbons (Fsp3) is 0.820. The van der Waals surface area contributed by atoms with Gasteiger partial charge in [-0.3, -0.25) is 14.4 Å². The van der Waals surface area contributed by atoms with Crippen LogP contribution >= 0.6 is 0 Å². The Kier molecular flexibility index (Phi) is 53.8. The SMILES string of the molecule is CCCCC/C=C\C/C=C\C/C=C\CCCCC(=O)OC[C@H](COC(=O)CCCCCCC/C=C\CCCCCCCC)OC(=O)CCCCCCCCCCCCCCCCCCCCC. The molecule has 0 spiro atoms. The van der Waals surface area contributed by atoms with Crippen molar-refractivity contribution in [2.75, 3.05) is 13.2 Å². The maximum absolute atomic E-state index is 12.9. The average molecular weight is 940 g/mol. The standard InChI is InChI=1S/C61H110O6/c1-4-7-10-13-16-19-22-25-28-29-30-31-34-37-40-43-46-49-52-55-61(64)67-58(56-65-59(62)53-50-47-44-41-38-35-32-26-23-20-17-14-11-8-5-2)57-66-60(63)54-51-48-45-42-39-36-33-27-24-21-18-15-12-9-6-3/h17,20,26-27,32-33,38,41,58H,4-16,18-19,21-25,28-31,34-37,39-40,42-57H2,1-3H3/b20-17-,32-26-,33-27-,41-38-/t58-/m1/s1. The van der Waals surface area contributed by atoms with Gasteiger partial charge < -0.3 is 14.2 Å². The summed E-state index contributed by atoms with van der Waals surface area (Å²) in [6.07, 6.45) is 68.2. The number of rotatable bonds is 53. The van der Waals surface area contributed by atoms with Crippen LogP contribution in [0.25, 0.3) is 0 Å². The highest BCUT2D eigenvalue weighted by molar-refractivity contribution is 5.71. The van der Waals surface area contributed by atoms with Crippen LogP contribution in [0.15, 0.2) is 48.6 Å². The van der Waals surface area contributed by atoms with Gasteiger partial charge in [-0.2, -0.15) is 0 Å². The number of carbonyl (C=O) groups excluding carboxylic acids is 3. The molecule has 0 aliphatic heterocycles. The van der Waals surface area contributed by atoms with Gasteiger partial charge in [0.05, 0.1) is 0 Å². The number of carbonyl (C=O) groups is 3. The van der Waals surface area contributed by atoms with Gasteiger partial charge in [-0.15, -0.1) is 0 Å². The predicted molar refractivity (Wildman–Crippen MR) is 289 cm³/mol. The third-order valence-electron chi connectivity index (χ3n) is 12.8. The molecule has 0 aromatic carbocycles. The average Bonchev–Trinajstić information content (AvgIpc) is 3.33. The summed E-state index contributed by atoms with van der Waals surface area (Å²) >= 11 is 0. The maximum atomic E-state index is 12.9. The summed E-state index contributed by atoms with van der Waals surface area (Å²) in [6.45, 7) is 6.60. The number of esters is 3. The molecule has 6 nitrogen and oxygen atoms in total. The Hall–Kier alpha value is -2.63. The molecule has 1 atom stereocenters. The van der Waals surface area contributed by atoms with Gasteiger partial charge in [0.1, 0.15) is 13.2 Å². The van der Waals surface area contributed by atoms with Crippen LogP contribution in [-0.2, 0) is 28.6 Å². The molecule has 0 aliphatic rings. The molecular formula is C61H110O6. The van der Waals surface area contributed by atoms with Crippen molar-refractivity contribution in [1.29, 1.82) is 0 Å². The predicted octanol–water partition coefficient (Wildman–Crippen LogP) is 19.4. The second-order valence-electron chi connectivity index (χ2n) is 19.6. The van der Waals surface area contributed by atoms with Gasteiger partial charge in [-0.05, 0) is 83.5 Å². The molecule has 0 amide bonds. The minimum atomic E-state index is -0.789. The lowest BCUT2D eigenvalue weighted by Crippen LogP contribution is -2.30. The second-order valence-corrected chi connectivity index (χ2v) is 19.6.